The zero-order valence-corrected chi connectivity index (χ0v) is 11.8. The van der Waals surface area contributed by atoms with Gasteiger partial charge in [-0.05, 0) is 18.3 Å². The normalized spacial score (nSPS) is 30.4. The largest absolute Gasteiger partial charge is 0.395 e. The molecule has 0 spiro atoms. The standard InChI is InChI=1S/C12H22BrNO3/c13-9-12(1-4-16-5-2-12)10-14-3-6-17-8-11(14)7-15/h11,15H,1-10H2. The van der Waals surface area contributed by atoms with E-state index in [1.807, 2.05) is 0 Å². The summed E-state index contributed by atoms with van der Waals surface area (Å²) in [5.41, 5.74) is 0.309. The van der Waals surface area contributed by atoms with Gasteiger partial charge in [-0.25, -0.2) is 0 Å². The molecule has 0 saturated carbocycles. The molecule has 4 nitrogen and oxygen atoms in total. The summed E-state index contributed by atoms with van der Waals surface area (Å²) in [5, 5.41) is 10.4. The summed E-state index contributed by atoms with van der Waals surface area (Å²) in [6, 6.07) is 0.169. The quantitative estimate of drug-likeness (QED) is 0.783. The molecule has 2 aliphatic rings. The van der Waals surface area contributed by atoms with Crippen LogP contribution in [0, 0.1) is 5.41 Å². The molecule has 100 valence electrons. The van der Waals surface area contributed by atoms with Crippen molar-refractivity contribution in [3.63, 3.8) is 0 Å². The molecule has 0 aromatic rings. The molecule has 2 aliphatic heterocycles. The second-order valence-electron chi connectivity index (χ2n) is 5.13. The van der Waals surface area contributed by atoms with Crippen molar-refractivity contribution in [3.05, 3.63) is 0 Å². The molecular formula is C12H22BrNO3. The summed E-state index contributed by atoms with van der Waals surface area (Å²) in [5.74, 6) is 0. The molecule has 17 heavy (non-hydrogen) atoms. The molecule has 1 atom stereocenters. The number of alkyl halides is 1. The number of nitrogens with zero attached hydrogens (tertiary/aromatic N) is 1. The van der Waals surface area contributed by atoms with Gasteiger partial charge in [0.15, 0.2) is 0 Å². The van der Waals surface area contributed by atoms with E-state index in [0.717, 1.165) is 51.1 Å². The highest BCUT2D eigenvalue weighted by atomic mass is 79.9. The molecule has 2 fully saturated rings. The maximum atomic E-state index is 9.39. The Labute approximate surface area is 111 Å². The van der Waals surface area contributed by atoms with Crippen molar-refractivity contribution in [2.45, 2.75) is 18.9 Å². The highest BCUT2D eigenvalue weighted by Crippen LogP contribution is 2.34. The third kappa shape index (κ3) is 3.41. The summed E-state index contributed by atoms with van der Waals surface area (Å²) < 4.78 is 10.9. The van der Waals surface area contributed by atoms with Crippen LogP contribution >= 0.6 is 15.9 Å². The van der Waals surface area contributed by atoms with Crippen LogP contribution in [0.5, 0.6) is 0 Å². The van der Waals surface area contributed by atoms with E-state index in [0.29, 0.717) is 12.0 Å². The fourth-order valence-electron chi connectivity index (χ4n) is 2.63. The minimum Gasteiger partial charge on any atom is -0.395 e. The van der Waals surface area contributed by atoms with Gasteiger partial charge < -0.3 is 14.6 Å². The number of morpholine rings is 1. The van der Waals surface area contributed by atoms with Gasteiger partial charge in [0.2, 0.25) is 0 Å². The number of halogens is 1. The number of rotatable bonds is 4. The highest BCUT2D eigenvalue weighted by Gasteiger charge is 2.36. The van der Waals surface area contributed by atoms with Gasteiger partial charge in [-0.1, -0.05) is 15.9 Å². The number of hydrogen-bond donors (Lipinski definition) is 1. The Balaban J connectivity index is 1.96. The summed E-state index contributed by atoms with van der Waals surface area (Å²) in [6.07, 6.45) is 2.21. The number of ether oxygens (including phenoxy) is 2. The fourth-order valence-corrected chi connectivity index (χ4v) is 3.37. The molecule has 0 aromatic heterocycles. The summed E-state index contributed by atoms with van der Waals surface area (Å²) in [7, 11) is 0. The van der Waals surface area contributed by atoms with Crippen molar-refractivity contribution in [2.75, 3.05) is 51.5 Å². The molecular weight excluding hydrogens is 286 g/mol. The summed E-state index contributed by atoms with van der Waals surface area (Å²) in [6.45, 7) is 5.32. The number of hydrogen-bond acceptors (Lipinski definition) is 4. The first kappa shape index (κ1) is 13.7. The molecule has 2 rings (SSSR count). The van der Waals surface area contributed by atoms with E-state index in [1.165, 1.54) is 0 Å². The molecule has 0 aromatic carbocycles. The predicted octanol–water partition coefficient (Wildman–Crippen LogP) is 0.871. The molecule has 1 N–H and O–H groups in total. The van der Waals surface area contributed by atoms with E-state index in [9.17, 15) is 5.11 Å². The smallest absolute Gasteiger partial charge is 0.0644 e. The minimum absolute atomic E-state index is 0.169. The van der Waals surface area contributed by atoms with Crippen molar-refractivity contribution < 1.29 is 14.6 Å². The average molecular weight is 308 g/mol. The Bertz CT molecular complexity index is 234. The van der Waals surface area contributed by atoms with Crippen LogP contribution in [-0.2, 0) is 9.47 Å². The number of aliphatic hydroxyl groups excluding tert-OH is 1. The van der Waals surface area contributed by atoms with Crippen molar-refractivity contribution in [1.29, 1.82) is 0 Å². The van der Waals surface area contributed by atoms with E-state index >= 15 is 0 Å². The topological polar surface area (TPSA) is 41.9 Å². The molecule has 2 saturated heterocycles. The summed E-state index contributed by atoms with van der Waals surface area (Å²) >= 11 is 3.66. The Morgan fingerprint density at radius 2 is 2.00 bits per heavy atom. The Morgan fingerprint density at radius 3 is 2.65 bits per heavy atom. The lowest BCUT2D eigenvalue weighted by atomic mass is 9.81. The molecule has 0 aliphatic carbocycles. The van der Waals surface area contributed by atoms with Gasteiger partial charge in [0, 0.05) is 31.6 Å². The van der Waals surface area contributed by atoms with Gasteiger partial charge in [0.1, 0.15) is 0 Å². The van der Waals surface area contributed by atoms with Crippen LogP contribution in [0.2, 0.25) is 0 Å². The van der Waals surface area contributed by atoms with Crippen molar-refractivity contribution in [3.8, 4) is 0 Å². The summed E-state index contributed by atoms with van der Waals surface area (Å²) in [4.78, 5) is 2.39. The Hall–Kier alpha value is 0.320. The van der Waals surface area contributed by atoms with Crippen LogP contribution in [0.3, 0.4) is 0 Å². The SMILES string of the molecule is OCC1COCCN1CC1(CBr)CCOCC1. The van der Waals surface area contributed by atoms with Gasteiger partial charge in [0.25, 0.3) is 0 Å². The van der Waals surface area contributed by atoms with Gasteiger partial charge in [-0.15, -0.1) is 0 Å². The molecule has 5 heteroatoms. The van der Waals surface area contributed by atoms with Gasteiger partial charge in [0.05, 0.1) is 25.9 Å². The van der Waals surface area contributed by atoms with Gasteiger partial charge in [-0.2, -0.15) is 0 Å². The van der Waals surface area contributed by atoms with Crippen LogP contribution in [-0.4, -0.2) is 67.5 Å². The first-order valence-electron chi connectivity index (χ1n) is 6.36. The monoisotopic (exact) mass is 307 g/mol. The van der Waals surface area contributed by atoms with Crippen LogP contribution in [0.15, 0.2) is 0 Å². The second kappa shape index (κ2) is 6.48. The highest BCUT2D eigenvalue weighted by molar-refractivity contribution is 9.09. The molecule has 0 bridgehead atoms. The molecule has 1 unspecified atom stereocenters. The van der Waals surface area contributed by atoms with E-state index in [4.69, 9.17) is 9.47 Å². The van der Waals surface area contributed by atoms with Gasteiger partial charge in [-0.3, -0.25) is 4.90 Å². The molecule has 0 radical (unpaired) electrons. The lowest BCUT2D eigenvalue weighted by Gasteiger charge is -2.43. The Kier molecular flexibility index (Phi) is 5.24. The predicted molar refractivity (Wildman–Crippen MR) is 69.5 cm³/mol. The van der Waals surface area contributed by atoms with Crippen LogP contribution in [0.25, 0.3) is 0 Å². The first-order valence-corrected chi connectivity index (χ1v) is 7.48. The van der Waals surface area contributed by atoms with E-state index in [-0.39, 0.29) is 12.6 Å². The van der Waals surface area contributed by atoms with Crippen molar-refractivity contribution in [1.82, 2.24) is 4.90 Å². The van der Waals surface area contributed by atoms with E-state index in [1.54, 1.807) is 0 Å². The minimum atomic E-state index is 0.169. The third-order valence-electron chi connectivity index (χ3n) is 3.94. The first-order chi connectivity index (χ1) is 8.29. The van der Waals surface area contributed by atoms with Crippen LogP contribution in [0.4, 0.5) is 0 Å². The zero-order valence-electron chi connectivity index (χ0n) is 10.2. The Morgan fingerprint density at radius 1 is 1.24 bits per heavy atom. The van der Waals surface area contributed by atoms with Crippen LogP contribution < -0.4 is 0 Å². The van der Waals surface area contributed by atoms with E-state index in [2.05, 4.69) is 20.8 Å². The maximum absolute atomic E-state index is 9.39. The zero-order chi connectivity index (χ0) is 12.1. The lowest BCUT2D eigenvalue weighted by molar-refractivity contribution is -0.0596. The maximum Gasteiger partial charge on any atom is 0.0644 e. The second-order valence-corrected chi connectivity index (χ2v) is 5.69. The van der Waals surface area contributed by atoms with Crippen molar-refractivity contribution >= 4 is 15.9 Å². The van der Waals surface area contributed by atoms with E-state index < -0.39 is 0 Å². The van der Waals surface area contributed by atoms with Gasteiger partial charge >= 0.3 is 0 Å². The number of aliphatic hydroxyl groups is 1. The lowest BCUT2D eigenvalue weighted by Crippen LogP contribution is -2.53. The molecule has 2 heterocycles. The average Bonchev–Trinajstić information content (AvgIpc) is 2.40. The van der Waals surface area contributed by atoms with Crippen molar-refractivity contribution in [2.24, 2.45) is 5.41 Å². The van der Waals surface area contributed by atoms with Crippen LogP contribution in [0.1, 0.15) is 12.8 Å². The molecule has 0 amide bonds. The fraction of sp³-hybridized carbons (Fsp3) is 1.00. The third-order valence-corrected chi connectivity index (χ3v) is 5.13.